The maximum atomic E-state index is 14.2. The zero-order valence-corrected chi connectivity index (χ0v) is 38.3. The van der Waals surface area contributed by atoms with Crippen LogP contribution in [0.1, 0.15) is 91.1 Å². The van der Waals surface area contributed by atoms with Crippen molar-refractivity contribution >= 4 is 45.8 Å². The number of amides is 4. The van der Waals surface area contributed by atoms with Crippen molar-refractivity contribution in [1.82, 2.24) is 40.4 Å². The quantitative estimate of drug-likeness (QED) is 0.0714. The number of methoxy groups -OCH3 is 3. The molecular weight excluding hydrogens is 805 g/mol. The third-order valence-electron chi connectivity index (χ3n) is 11.8. The fourth-order valence-corrected chi connectivity index (χ4v) is 8.27. The third kappa shape index (κ3) is 9.90. The maximum Gasteiger partial charge on any atom is 0.407 e. The van der Waals surface area contributed by atoms with Gasteiger partial charge in [0.25, 0.3) is 0 Å². The molecule has 0 saturated heterocycles. The molecule has 0 radical (unpaired) electrons. The molecule has 3 heterocycles. The topological polar surface area (TPSA) is 193 Å². The lowest BCUT2D eigenvalue weighted by molar-refractivity contribution is -0.138. The van der Waals surface area contributed by atoms with E-state index < -0.39 is 30.3 Å². The van der Waals surface area contributed by atoms with E-state index in [-0.39, 0.29) is 35.6 Å². The number of ether oxygens (including phenoxy) is 4. The number of carbonyl (C=O) groups is 4. The summed E-state index contributed by atoms with van der Waals surface area (Å²) < 4.78 is 21.5. The van der Waals surface area contributed by atoms with Crippen molar-refractivity contribution in [3.8, 4) is 28.1 Å². The van der Waals surface area contributed by atoms with Crippen LogP contribution in [-0.2, 0) is 30.4 Å². The van der Waals surface area contributed by atoms with Crippen LogP contribution in [-0.4, -0.2) is 107 Å². The summed E-state index contributed by atoms with van der Waals surface area (Å²) >= 11 is 0. The molecule has 16 nitrogen and oxygen atoms in total. The van der Waals surface area contributed by atoms with Crippen LogP contribution in [0.15, 0.2) is 48.7 Å². The van der Waals surface area contributed by atoms with E-state index in [0.29, 0.717) is 38.0 Å². The Bertz CT molecular complexity index is 2440. The predicted octanol–water partition coefficient (Wildman–Crippen LogP) is 7.90. The number of alkyl carbamates (subject to hydrolysis) is 2. The summed E-state index contributed by atoms with van der Waals surface area (Å²) in [5.74, 6) is 1.23. The zero-order valence-electron chi connectivity index (χ0n) is 38.3. The number of carbonyl (C=O) groups excluding carboxylic acids is 4. The summed E-state index contributed by atoms with van der Waals surface area (Å²) in [6, 6.07) is 12.1. The summed E-state index contributed by atoms with van der Waals surface area (Å²) in [5, 5.41) is 7.32. The minimum atomic E-state index is -0.802. The number of hydrogen-bond acceptors (Lipinski definition) is 10. The van der Waals surface area contributed by atoms with E-state index in [9.17, 15) is 19.2 Å². The van der Waals surface area contributed by atoms with Gasteiger partial charge in [-0.2, -0.15) is 0 Å². The van der Waals surface area contributed by atoms with Crippen LogP contribution in [0, 0.1) is 17.8 Å². The predicted molar refractivity (Wildman–Crippen MR) is 241 cm³/mol. The van der Waals surface area contributed by atoms with Crippen molar-refractivity contribution in [1.29, 1.82) is 0 Å². The molecule has 5 aromatic rings. The molecule has 338 valence electrons. The largest absolute Gasteiger partial charge is 0.488 e. The second kappa shape index (κ2) is 19.9. The lowest BCUT2D eigenvalue weighted by Crippen LogP contribution is -2.53. The average molecular weight is 867 g/mol. The van der Waals surface area contributed by atoms with Gasteiger partial charge in [-0.05, 0) is 84.4 Å². The summed E-state index contributed by atoms with van der Waals surface area (Å²) in [6.45, 7) is 17.1. The van der Waals surface area contributed by atoms with Crippen LogP contribution in [0.3, 0.4) is 0 Å². The van der Waals surface area contributed by atoms with E-state index in [2.05, 4.69) is 50.9 Å². The molecule has 63 heavy (non-hydrogen) atoms. The molecule has 4 amide bonds. The van der Waals surface area contributed by atoms with Gasteiger partial charge in [0.15, 0.2) is 0 Å². The molecule has 2 aromatic heterocycles. The highest BCUT2D eigenvalue weighted by atomic mass is 16.5. The number of hydrogen-bond donors (Lipinski definition) is 4. The zero-order chi connectivity index (χ0) is 45.7. The van der Waals surface area contributed by atoms with Gasteiger partial charge in [-0.15, -0.1) is 0 Å². The molecule has 1 aliphatic rings. The second-order valence-corrected chi connectivity index (χ2v) is 17.1. The summed E-state index contributed by atoms with van der Waals surface area (Å²) in [7, 11) is 4.19. The van der Waals surface area contributed by atoms with Crippen LogP contribution < -0.4 is 15.4 Å². The Labute approximate surface area is 368 Å². The summed E-state index contributed by atoms with van der Waals surface area (Å²) in [5.41, 5.74) is 6.36. The number of benzene rings is 3. The second-order valence-electron chi connectivity index (χ2n) is 17.1. The molecule has 0 aliphatic carbocycles. The van der Waals surface area contributed by atoms with Gasteiger partial charge in [-0.3, -0.25) is 9.59 Å². The van der Waals surface area contributed by atoms with Gasteiger partial charge in [0.05, 0.1) is 55.8 Å². The van der Waals surface area contributed by atoms with E-state index in [1.165, 1.54) is 14.2 Å². The Morgan fingerprint density at radius 3 is 2.06 bits per heavy atom. The van der Waals surface area contributed by atoms with Crippen molar-refractivity contribution < 1.29 is 38.1 Å². The fraction of sp³-hybridized carbons (Fsp3) is 0.489. The SMILES string of the molecule is CCCN(C(=O)[C@@H](NC(=O)OC)C(C)C)[C@@H](C)c1ncc(-c2ccc3c(c2)COc2cc4c(ccc5[nH]c([C@H](C)N(C[C@H](C)COC)C(=O)[C@@H](NC(=O)OC)C(C)C)nc54)cc2-3)[nH]1. The number of nitrogens with one attached hydrogen (secondary N) is 4. The first-order valence-electron chi connectivity index (χ1n) is 21.7. The summed E-state index contributed by atoms with van der Waals surface area (Å²) in [4.78, 5) is 72.5. The highest BCUT2D eigenvalue weighted by Crippen LogP contribution is 2.43. The first-order valence-corrected chi connectivity index (χ1v) is 21.7. The molecule has 4 N–H and O–H groups in total. The standard InChI is InChI=1S/C47H62N8O8/c1-12-17-54(44(56)39(25(2)3)52-46(58)61-10)28(7)42-48-21-37(50-42)31-13-15-33-32(18-31)24-63-38-20-34-30(19-35(33)38)14-16-36-41(34)51-43(49-36)29(8)55(22-27(6)23-60-9)45(57)40(26(4)5)53-47(59)62-11/h13-16,18-21,25-29,39-40H,12,17,22-24H2,1-11H3,(H,48,50)(H,49,51)(H,52,58)(H,53,59)/t27-,28-,29-,39-,40-/m0/s1. The van der Waals surface area contributed by atoms with Crippen molar-refractivity contribution in [2.45, 2.75) is 92.6 Å². The van der Waals surface area contributed by atoms with Gasteiger partial charge in [-0.25, -0.2) is 19.6 Å². The van der Waals surface area contributed by atoms with Crippen LogP contribution in [0.25, 0.3) is 44.2 Å². The van der Waals surface area contributed by atoms with Gasteiger partial charge in [-0.1, -0.05) is 59.7 Å². The Balaban J connectivity index is 1.27. The molecule has 0 saturated carbocycles. The van der Waals surface area contributed by atoms with Crippen LogP contribution in [0.2, 0.25) is 0 Å². The van der Waals surface area contributed by atoms with Gasteiger partial charge >= 0.3 is 12.2 Å². The molecule has 0 spiro atoms. The smallest absolute Gasteiger partial charge is 0.407 e. The fourth-order valence-electron chi connectivity index (χ4n) is 8.27. The first kappa shape index (κ1) is 46.3. The van der Waals surface area contributed by atoms with Crippen LogP contribution in [0.5, 0.6) is 5.75 Å². The van der Waals surface area contributed by atoms with Gasteiger partial charge in [0.2, 0.25) is 11.8 Å². The molecule has 3 aromatic carbocycles. The number of rotatable bonds is 17. The van der Waals surface area contributed by atoms with E-state index >= 15 is 0 Å². The molecule has 0 fully saturated rings. The normalized spacial score (nSPS) is 14.6. The van der Waals surface area contributed by atoms with E-state index in [1.807, 2.05) is 67.5 Å². The number of aromatic amines is 2. The molecule has 1 aliphatic heterocycles. The lowest BCUT2D eigenvalue weighted by atomic mass is 9.92. The van der Waals surface area contributed by atoms with Crippen molar-refractivity contribution in [3.63, 3.8) is 0 Å². The molecule has 0 bridgehead atoms. The molecule has 5 atom stereocenters. The number of H-pyrrole nitrogens is 2. The monoisotopic (exact) mass is 866 g/mol. The van der Waals surface area contributed by atoms with Gasteiger partial charge < -0.3 is 49.3 Å². The molecular formula is C47H62N8O8. The van der Waals surface area contributed by atoms with Crippen molar-refractivity contribution in [3.05, 3.63) is 65.9 Å². The highest BCUT2D eigenvalue weighted by molar-refractivity contribution is 6.07. The molecule has 0 unspecified atom stereocenters. The van der Waals surface area contributed by atoms with E-state index in [4.69, 9.17) is 28.9 Å². The van der Waals surface area contributed by atoms with Crippen LogP contribution >= 0.6 is 0 Å². The number of nitrogens with zero attached hydrogens (tertiary/aromatic N) is 4. The van der Waals surface area contributed by atoms with Crippen molar-refractivity contribution in [2.24, 2.45) is 17.8 Å². The third-order valence-corrected chi connectivity index (χ3v) is 11.8. The Kier molecular flexibility index (Phi) is 14.6. The number of imidazole rings is 2. The Hall–Kier alpha value is -6.16. The maximum absolute atomic E-state index is 14.2. The number of fused-ring (bicyclic) bond motifs is 6. The molecule has 16 heteroatoms. The highest BCUT2D eigenvalue weighted by Gasteiger charge is 2.35. The van der Waals surface area contributed by atoms with Crippen molar-refractivity contribution in [2.75, 3.05) is 41.0 Å². The Morgan fingerprint density at radius 1 is 0.794 bits per heavy atom. The van der Waals surface area contributed by atoms with E-state index in [1.54, 1.807) is 23.1 Å². The first-order chi connectivity index (χ1) is 30.1. The summed E-state index contributed by atoms with van der Waals surface area (Å²) in [6.07, 6.45) is 1.19. The average Bonchev–Trinajstić information content (AvgIpc) is 3.95. The van der Waals surface area contributed by atoms with Crippen LogP contribution in [0.4, 0.5) is 9.59 Å². The number of aromatic nitrogens is 4. The minimum absolute atomic E-state index is 0.0152. The lowest BCUT2D eigenvalue weighted by Gasteiger charge is -2.34. The Morgan fingerprint density at radius 2 is 1.44 bits per heavy atom. The minimum Gasteiger partial charge on any atom is -0.488 e. The molecule has 6 rings (SSSR count). The van der Waals surface area contributed by atoms with E-state index in [0.717, 1.165) is 61.9 Å². The van der Waals surface area contributed by atoms with Gasteiger partial charge in [0.1, 0.15) is 36.1 Å². The van der Waals surface area contributed by atoms with Gasteiger partial charge in [0, 0.05) is 31.1 Å².